The molecule has 0 aliphatic carbocycles. The number of nitrogens with zero attached hydrogens (tertiary/aromatic N) is 2. The van der Waals surface area contributed by atoms with Crippen LogP contribution in [0.1, 0.15) is 5.56 Å². The number of fused-ring (bicyclic) bond motifs is 13. The number of benzene rings is 4. The fourth-order valence-electron chi connectivity index (χ4n) is 5.92. The first-order chi connectivity index (χ1) is 18.8. The van der Waals surface area contributed by atoms with Crippen molar-refractivity contribution in [2.75, 3.05) is 0 Å². The number of rotatable bonds is 0. The highest BCUT2D eigenvalue weighted by atomic mass is 32.1. The van der Waals surface area contributed by atoms with Gasteiger partial charge in [-0.1, -0.05) is 54.6 Å². The SMILES string of the molecule is Cc1ccc2c3cc4c(cc3[n+]3ccccc3c3ccccc3[n+]2c1)sc1ccccc1c1ccccc41. The van der Waals surface area contributed by atoms with Crippen molar-refractivity contribution in [2.24, 2.45) is 0 Å². The van der Waals surface area contributed by atoms with Crippen molar-refractivity contribution in [3.63, 3.8) is 0 Å². The van der Waals surface area contributed by atoms with Crippen LogP contribution in [0.4, 0.5) is 0 Å². The van der Waals surface area contributed by atoms with E-state index in [1.165, 1.54) is 69.3 Å². The summed E-state index contributed by atoms with van der Waals surface area (Å²) in [6, 6.07) is 42.1. The van der Waals surface area contributed by atoms with Crippen molar-refractivity contribution in [2.45, 2.75) is 6.92 Å². The first-order valence-corrected chi connectivity index (χ1v) is 13.8. The molecule has 0 aliphatic rings. The molecule has 0 amide bonds. The van der Waals surface area contributed by atoms with Crippen molar-refractivity contribution in [3.8, 4) is 0 Å². The van der Waals surface area contributed by atoms with Gasteiger partial charge in [0.1, 0.15) is 10.8 Å². The van der Waals surface area contributed by atoms with Crippen LogP contribution in [0.3, 0.4) is 0 Å². The molecule has 0 saturated heterocycles. The predicted molar refractivity (Wildman–Crippen MR) is 161 cm³/mol. The molecule has 2 nitrogen and oxygen atoms in total. The van der Waals surface area contributed by atoms with Gasteiger partial charge in [-0.2, -0.15) is 8.80 Å². The molecule has 3 heteroatoms. The third-order valence-corrected chi connectivity index (χ3v) is 8.78. The lowest BCUT2D eigenvalue weighted by Crippen LogP contribution is -2.27. The van der Waals surface area contributed by atoms with E-state index in [9.17, 15) is 0 Å². The summed E-state index contributed by atoms with van der Waals surface area (Å²) in [5, 5.41) is 7.57. The minimum Gasteiger partial charge on any atom is -0.159 e. The fourth-order valence-corrected chi connectivity index (χ4v) is 7.04. The molecule has 0 fully saturated rings. The lowest BCUT2D eigenvalue weighted by atomic mass is 10.0. The molecule has 4 heterocycles. The molecule has 0 saturated carbocycles. The minimum absolute atomic E-state index is 1.18. The van der Waals surface area contributed by atoms with Crippen LogP contribution in [-0.2, 0) is 0 Å². The molecular formula is C35H24N2S+2. The van der Waals surface area contributed by atoms with E-state index in [0.29, 0.717) is 0 Å². The van der Waals surface area contributed by atoms with Gasteiger partial charge in [0.05, 0.1) is 0 Å². The van der Waals surface area contributed by atoms with Gasteiger partial charge in [0.15, 0.2) is 12.4 Å². The molecule has 0 atom stereocenters. The average molecular weight is 505 g/mol. The summed E-state index contributed by atoms with van der Waals surface area (Å²) in [4.78, 5) is 0. The molecule has 0 aliphatic heterocycles. The van der Waals surface area contributed by atoms with Crippen LogP contribution in [0.2, 0.25) is 0 Å². The first-order valence-electron chi connectivity index (χ1n) is 12.9. The Hall–Kier alpha value is -4.60. The maximum absolute atomic E-state index is 2.42. The van der Waals surface area contributed by atoms with Crippen molar-refractivity contribution in [3.05, 3.63) is 133 Å². The number of aryl methyl sites for hydroxylation is 1. The second-order valence-corrected chi connectivity index (χ2v) is 11.0. The second kappa shape index (κ2) is 8.20. The van der Waals surface area contributed by atoms with E-state index < -0.39 is 0 Å². The molecule has 0 N–H and O–H groups in total. The number of hydrogen-bond acceptors (Lipinski definition) is 1. The van der Waals surface area contributed by atoms with E-state index in [1.54, 1.807) is 0 Å². The summed E-state index contributed by atoms with van der Waals surface area (Å²) in [5.74, 6) is 0. The molecular weight excluding hydrogens is 480 g/mol. The van der Waals surface area contributed by atoms with Gasteiger partial charge in [-0.3, -0.25) is 0 Å². The summed E-state index contributed by atoms with van der Waals surface area (Å²) in [7, 11) is 0. The molecule has 0 radical (unpaired) electrons. The Labute approximate surface area is 223 Å². The molecule has 178 valence electrons. The molecule has 4 aromatic carbocycles. The number of aromatic nitrogens is 2. The Bertz CT molecular complexity index is 2310. The zero-order valence-corrected chi connectivity index (χ0v) is 21.7. The van der Waals surface area contributed by atoms with Gasteiger partial charge in [-0.15, -0.1) is 11.3 Å². The van der Waals surface area contributed by atoms with Gasteiger partial charge < -0.3 is 0 Å². The van der Waals surface area contributed by atoms with Crippen LogP contribution in [0.15, 0.2) is 128 Å². The van der Waals surface area contributed by atoms with E-state index in [0.717, 1.165) is 0 Å². The van der Waals surface area contributed by atoms with Gasteiger partial charge in [-0.25, -0.2) is 0 Å². The van der Waals surface area contributed by atoms with Crippen molar-refractivity contribution >= 4 is 75.1 Å². The largest absolute Gasteiger partial charge is 0.226 e. The van der Waals surface area contributed by atoms with Crippen molar-refractivity contribution in [1.29, 1.82) is 0 Å². The van der Waals surface area contributed by atoms with Crippen molar-refractivity contribution < 1.29 is 8.80 Å². The highest BCUT2D eigenvalue weighted by molar-refractivity contribution is 7.24. The lowest BCUT2D eigenvalue weighted by Gasteiger charge is -2.03. The standard InChI is InChI=1S/C35H24N2S/c1-23-17-18-32-29-20-28-25-11-3-2-10-24(25)26-12-5-7-16-34(26)38-35(28)21-33(29)36-19-9-8-15-30(36)27-13-4-6-14-31(27)37(32)22-23/h2-22H,1H3/q+2. The predicted octanol–water partition coefficient (Wildman–Crippen LogP) is 8.42. The van der Waals surface area contributed by atoms with Crippen LogP contribution in [0.5, 0.6) is 0 Å². The lowest BCUT2D eigenvalue weighted by molar-refractivity contribution is -0.488. The third-order valence-electron chi connectivity index (χ3n) is 7.64. The third kappa shape index (κ3) is 3.12. The molecule has 0 bridgehead atoms. The van der Waals surface area contributed by atoms with E-state index in [1.807, 2.05) is 11.3 Å². The van der Waals surface area contributed by atoms with Crippen LogP contribution < -0.4 is 8.80 Å². The highest BCUT2D eigenvalue weighted by Gasteiger charge is 2.20. The Morgan fingerprint density at radius 2 is 1.08 bits per heavy atom. The smallest absolute Gasteiger partial charge is 0.159 e. The molecule has 38 heavy (non-hydrogen) atoms. The number of para-hydroxylation sites is 1. The Morgan fingerprint density at radius 3 is 1.92 bits per heavy atom. The fraction of sp³-hybridized carbons (Fsp3) is 0.0286. The Balaban J connectivity index is 1.76. The van der Waals surface area contributed by atoms with Gasteiger partial charge in [0.25, 0.3) is 0 Å². The molecule has 4 aromatic heterocycles. The molecule has 0 unspecified atom stereocenters. The van der Waals surface area contributed by atoms with Crippen LogP contribution in [-0.4, -0.2) is 0 Å². The van der Waals surface area contributed by atoms with Gasteiger partial charge >= 0.3 is 0 Å². The topological polar surface area (TPSA) is 8.20 Å². The van der Waals surface area contributed by atoms with E-state index >= 15 is 0 Å². The van der Waals surface area contributed by atoms with Crippen LogP contribution >= 0.6 is 11.3 Å². The first kappa shape index (κ1) is 21.5. The average Bonchev–Trinajstić information content (AvgIpc) is 3.10. The van der Waals surface area contributed by atoms with Crippen molar-refractivity contribution in [1.82, 2.24) is 0 Å². The molecule has 8 aromatic rings. The van der Waals surface area contributed by atoms with Gasteiger partial charge in [0, 0.05) is 50.7 Å². The molecule has 0 spiro atoms. The summed E-state index contributed by atoms with van der Waals surface area (Å²) >= 11 is 1.87. The summed E-state index contributed by atoms with van der Waals surface area (Å²) in [5.41, 5.74) is 5.98. The van der Waals surface area contributed by atoms with E-state index in [2.05, 4.69) is 143 Å². The second-order valence-electron chi connectivity index (χ2n) is 9.94. The molecule has 8 rings (SSSR count). The maximum Gasteiger partial charge on any atom is 0.226 e. The van der Waals surface area contributed by atoms with Gasteiger partial charge in [0.2, 0.25) is 22.1 Å². The Kier molecular flexibility index (Phi) is 4.64. The van der Waals surface area contributed by atoms with E-state index in [4.69, 9.17) is 0 Å². The minimum atomic E-state index is 1.18. The number of hydrogen-bond donors (Lipinski definition) is 0. The monoisotopic (exact) mass is 504 g/mol. The summed E-state index contributed by atoms with van der Waals surface area (Å²) in [6.45, 7) is 2.17. The Morgan fingerprint density at radius 1 is 0.447 bits per heavy atom. The zero-order chi connectivity index (χ0) is 25.2. The van der Waals surface area contributed by atoms with Gasteiger partial charge in [-0.05, 0) is 53.4 Å². The van der Waals surface area contributed by atoms with Crippen LogP contribution in [0, 0.1) is 6.92 Å². The highest BCUT2D eigenvalue weighted by Crippen LogP contribution is 2.36. The summed E-state index contributed by atoms with van der Waals surface area (Å²) < 4.78 is 7.30. The maximum atomic E-state index is 2.42. The normalized spacial score (nSPS) is 11.8. The zero-order valence-electron chi connectivity index (χ0n) is 20.9. The number of pyridine rings is 2. The summed E-state index contributed by atoms with van der Waals surface area (Å²) in [6.07, 6.45) is 4.46. The quantitative estimate of drug-likeness (QED) is 0.183. The van der Waals surface area contributed by atoms with E-state index in [-0.39, 0.29) is 0 Å². The van der Waals surface area contributed by atoms with Crippen LogP contribution in [0.25, 0.3) is 63.8 Å².